The number of rotatable bonds is 9. The highest BCUT2D eigenvalue weighted by molar-refractivity contribution is 8.76. The number of aromatic hydroxyl groups is 1. The van der Waals surface area contributed by atoms with Crippen LogP contribution in [0.2, 0.25) is 0 Å². The number of nitro groups is 2. The van der Waals surface area contributed by atoms with Crippen molar-refractivity contribution < 1.29 is 34.8 Å². The molecule has 0 amide bonds. The summed E-state index contributed by atoms with van der Waals surface area (Å²) >= 11 is 0. The number of aliphatic carboxylic acids is 2. The lowest BCUT2D eigenvalue weighted by Gasteiger charge is -2.07. The van der Waals surface area contributed by atoms with Crippen molar-refractivity contribution in [3.63, 3.8) is 0 Å². The van der Waals surface area contributed by atoms with Crippen LogP contribution >= 0.6 is 21.6 Å². The number of nitrogens with two attached hydrogens (primary N) is 2. The second kappa shape index (κ2) is 11.9. The largest absolute Gasteiger partial charge is 0.502 e. The number of para-hydroxylation sites is 1. The van der Waals surface area contributed by atoms with Crippen molar-refractivity contribution in [2.75, 3.05) is 11.5 Å². The second-order valence-electron chi connectivity index (χ2n) is 4.62. The summed E-state index contributed by atoms with van der Waals surface area (Å²) in [6.07, 6.45) is 0. The van der Waals surface area contributed by atoms with Gasteiger partial charge in [-0.3, -0.25) is 29.8 Å². The van der Waals surface area contributed by atoms with E-state index in [1.807, 2.05) is 0 Å². The van der Waals surface area contributed by atoms with Gasteiger partial charge < -0.3 is 26.8 Å². The van der Waals surface area contributed by atoms with Crippen LogP contribution in [0, 0.1) is 20.2 Å². The number of carboxylic acid groups (broad SMARTS) is 2. The van der Waals surface area contributed by atoms with E-state index in [4.69, 9.17) is 26.8 Å². The van der Waals surface area contributed by atoms with Crippen LogP contribution < -0.4 is 11.5 Å². The van der Waals surface area contributed by atoms with E-state index in [1.54, 1.807) is 0 Å². The second-order valence-corrected chi connectivity index (χ2v) is 7.17. The Morgan fingerprint density at radius 1 is 1.00 bits per heavy atom. The Bertz CT molecular complexity index is 681. The molecule has 1 aromatic carbocycles. The van der Waals surface area contributed by atoms with Crippen molar-refractivity contribution in [3.8, 4) is 5.75 Å². The standard InChI is InChI=1S/C6H4N2O5.C6H12N2O4S2/c9-5-3-1-2-4(7(10)11)6(5)8(12)13;7-3(5(9)10)1-13-14-2-4(8)6(11)12/h1-3,9H;3-4H,1-2,7-8H2,(H,9,10)(H,11,12). The number of hydrogen-bond donors (Lipinski definition) is 5. The fourth-order valence-corrected chi connectivity index (χ4v) is 3.47. The molecule has 0 bridgehead atoms. The lowest BCUT2D eigenvalue weighted by Crippen LogP contribution is -2.33. The van der Waals surface area contributed by atoms with Crippen LogP contribution in [0.4, 0.5) is 11.4 Å². The van der Waals surface area contributed by atoms with Crippen molar-refractivity contribution in [2.45, 2.75) is 12.1 Å². The summed E-state index contributed by atoms with van der Waals surface area (Å²) in [6.45, 7) is 0. The van der Waals surface area contributed by atoms with Crippen molar-refractivity contribution >= 4 is 44.9 Å². The third-order valence-electron chi connectivity index (χ3n) is 2.59. The molecular weight excluding hydrogens is 408 g/mol. The van der Waals surface area contributed by atoms with Crippen LogP contribution in [0.5, 0.6) is 5.75 Å². The van der Waals surface area contributed by atoms with E-state index >= 15 is 0 Å². The average molecular weight is 424 g/mol. The van der Waals surface area contributed by atoms with Gasteiger partial charge in [0.2, 0.25) is 5.75 Å². The fraction of sp³-hybridized carbons (Fsp3) is 0.333. The first-order valence-electron chi connectivity index (χ1n) is 6.81. The van der Waals surface area contributed by atoms with Gasteiger partial charge in [0.25, 0.3) is 0 Å². The number of phenols is 1. The van der Waals surface area contributed by atoms with E-state index in [2.05, 4.69) is 0 Å². The highest BCUT2D eigenvalue weighted by atomic mass is 33.1. The first-order valence-corrected chi connectivity index (χ1v) is 9.29. The predicted octanol–water partition coefficient (Wildman–Crippen LogP) is 0.400. The monoisotopic (exact) mass is 424 g/mol. The Kier molecular flexibility index (Phi) is 10.7. The molecule has 1 rings (SSSR count). The molecule has 7 N–H and O–H groups in total. The van der Waals surface area contributed by atoms with Crippen LogP contribution in [0.15, 0.2) is 18.2 Å². The fourth-order valence-electron chi connectivity index (χ4n) is 1.24. The van der Waals surface area contributed by atoms with Gasteiger partial charge in [-0.1, -0.05) is 27.7 Å². The molecular formula is C12H16N4O9S2. The smallest absolute Gasteiger partial charge is 0.387 e. The summed E-state index contributed by atoms with van der Waals surface area (Å²) in [4.78, 5) is 39.2. The maximum absolute atomic E-state index is 10.3. The highest BCUT2D eigenvalue weighted by Crippen LogP contribution is 2.34. The van der Waals surface area contributed by atoms with Crippen molar-refractivity contribution in [1.82, 2.24) is 0 Å². The molecule has 2 atom stereocenters. The number of nitrogens with zero attached hydrogens (tertiary/aromatic N) is 2. The Hall–Kier alpha value is -2.62. The minimum atomic E-state index is -1.07. The highest BCUT2D eigenvalue weighted by Gasteiger charge is 2.27. The molecule has 0 aliphatic heterocycles. The number of carbonyl (C=O) groups is 2. The van der Waals surface area contributed by atoms with Crippen LogP contribution in [-0.4, -0.2) is 60.7 Å². The predicted molar refractivity (Wildman–Crippen MR) is 97.6 cm³/mol. The zero-order valence-corrected chi connectivity index (χ0v) is 15.1. The minimum Gasteiger partial charge on any atom is -0.502 e. The van der Waals surface area contributed by atoms with E-state index in [-0.39, 0.29) is 11.5 Å². The molecule has 0 spiro atoms. The maximum atomic E-state index is 10.3. The zero-order chi connectivity index (χ0) is 21.1. The molecule has 0 aliphatic carbocycles. The van der Waals surface area contributed by atoms with Gasteiger partial charge in [0.15, 0.2) is 0 Å². The lowest BCUT2D eigenvalue weighted by molar-refractivity contribution is -0.423. The van der Waals surface area contributed by atoms with E-state index < -0.39 is 51.0 Å². The van der Waals surface area contributed by atoms with E-state index in [9.17, 15) is 29.8 Å². The molecule has 150 valence electrons. The number of nitro benzene ring substituents is 2. The first kappa shape index (κ1) is 24.4. The average Bonchev–Trinajstić information content (AvgIpc) is 2.57. The Balaban J connectivity index is 0.000000501. The number of benzene rings is 1. The van der Waals surface area contributed by atoms with E-state index in [1.165, 1.54) is 27.7 Å². The summed E-state index contributed by atoms with van der Waals surface area (Å²) in [5.41, 5.74) is 8.82. The summed E-state index contributed by atoms with van der Waals surface area (Å²) in [5, 5.41) is 46.3. The maximum Gasteiger partial charge on any atom is 0.387 e. The Morgan fingerprint density at radius 3 is 1.74 bits per heavy atom. The quantitative estimate of drug-likeness (QED) is 0.156. The topological polar surface area (TPSA) is 233 Å². The number of phenolic OH excluding ortho intramolecular Hbond substituents is 1. The SMILES string of the molecule is NC(CSSCC(N)C(=O)O)C(=O)O.O=[N+]([O-])c1cccc(O)c1[N+](=O)[O-]. The third kappa shape index (κ3) is 9.04. The van der Waals surface area contributed by atoms with Gasteiger partial charge in [-0.25, -0.2) is 0 Å². The van der Waals surface area contributed by atoms with E-state index in [0.29, 0.717) is 0 Å². The van der Waals surface area contributed by atoms with Gasteiger partial charge in [0.1, 0.15) is 12.1 Å². The Labute approximate surface area is 159 Å². The molecule has 1 aromatic rings. The summed E-state index contributed by atoms with van der Waals surface area (Å²) in [7, 11) is 2.41. The normalized spacial score (nSPS) is 12.2. The molecule has 0 heterocycles. The van der Waals surface area contributed by atoms with Gasteiger partial charge >= 0.3 is 23.3 Å². The minimum absolute atomic E-state index is 0.229. The third-order valence-corrected chi connectivity index (χ3v) is 5.06. The van der Waals surface area contributed by atoms with Crippen LogP contribution in [0.1, 0.15) is 0 Å². The molecule has 15 heteroatoms. The van der Waals surface area contributed by atoms with Crippen molar-refractivity contribution in [1.29, 1.82) is 0 Å². The summed E-state index contributed by atoms with van der Waals surface area (Å²) in [6, 6.07) is 1.30. The van der Waals surface area contributed by atoms with Crippen LogP contribution in [0.25, 0.3) is 0 Å². The van der Waals surface area contributed by atoms with Crippen molar-refractivity contribution in [3.05, 3.63) is 38.4 Å². The lowest BCUT2D eigenvalue weighted by atomic mass is 10.2. The molecule has 0 saturated heterocycles. The Morgan fingerprint density at radius 2 is 1.44 bits per heavy atom. The van der Waals surface area contributed by atoms with Gasteiger partial charge in [0, 0.05) is 17.6 Å². The summed E-state index contributed by atoms with van der Waals surface area (Å²) < 4.78 is 0. The van der Waals surface area contributed by atoms with Crippen molar-refractivity contribution in [2.24, 2.45) is 11.5 Å². The van der Waals surface area contributed by atoms with Gasteiger partial charge in [-0.15, -0.1) is 0 Å². The molecule has 0 radical (unpaired) electrons. The summed E-state index contributed by atoms with van der Waals surface area (Å²) in [5.74, 6) is -2.39. The molecule has 13 nitrogen and oxygen atoms in total. The van der Waals surface area contributed by atoms with Crippen LogP contribution in [-0.2, 0) is 9.59 Å². The molecule has 0 saturated carbocycles. The van der Waals surface area contributed by atoms with Gasteiger partial charge in [-0.2, -0.15) is 0 Å². The zero-order valence-electron chi connectivity index (χ0n) is 13.5. The number of hydrogen-bond acceptors (Lipinski definition) is 11. The van der Waals surface area contributed by atoms with Crippen LogP contribution in [0.3, 0.4) is 0 Å². The van der Waals surface area contributed by atoms with Gasteiger partial charge in [-0.05, 0) is 6.07 Å². The first-order chi connectivity index (χ1) is 12.5. The number of carboxylic acids is 2. The molecule has 27 heavy (non-hydrogen) atoms. The molecule has 2 unspecified atom stereocenters. The molecule has 0 fully saturated rings. The molecule has 0 aliphatic rings. The van der Waals surface area contributed by atoms with Gasteiger partial charge in [0.05, 0.1) is 9.85 Å². The van der Waals surface area contributed by atoms with E-state index in [0.717, 1.165) is 12.1 Å². The molecule has 0 aromatic heterocycles.